The van der Waals surface area contributed by atoms with Gasteiger partial charge in [0.1, 0.15) is 5.65 Å². The van der Waals surface area contributed by atoms with Crippen LogP contribution in [0, 0.1) is 0 Å². The number of hydrogen-bond donors (Lipinski definition) is 2. The van der Waals surface area contributed by atoms with Crippen molar-refractivity contribution >= 4 is 32.7 Å². The number of aromatic nitrogens is 2. The lowest BCUT2D eigenvalue weighted by atomic mass is 10.3. The topological polar surface area (TPSA) is 93.1 Å². The van der Waals surface area contributed by atoms with E-state index in [1.807, 2.05) is 29.0 Å². The van der Waals surface area contributed by atoms with Gasteiger partial charge in [-0.3, -0.25) is 4.79 Å². The highest BCUT2D eigenvalue weighted by molar-refractivity contribution is 7.89. The molecule has 8 heteroatoms. The normalized spacial score (nSPS) is 11.6. The summed E-state index contributed by atoms with van der Waals surface area (Å²) in [5.74, 6) is -0.203. The number of nitrogens with one attached hydrogen (secondary N) is 2. The summed E-state index contributed by atoms with van der Waals surface area (Å²) in [6.07, 6.45) is 4.34. The van der Waals surface area contributed by atoms with Crippen LogP contribution in [-0.4, -0.2) is 30.4 Å². The minimum atomic E-state index is -3.58. The van der Waals surface area contributed by atoms with Gasteiger partial charge in [0.2, 0.25) is 15.9 Å². The minimum Gasteiger partial charge on any atom is -0.332 e. The third-order valence-electron chi connectivity index (χ3n) is 3.88. The van der Waals surface area contributed by atoms with Crippen molar-refractivity contribution in [1.82, 2.24) is 14.3 Å². The van der Waals surface area contributed by atoms with Gasteiger partial charge in [0.05, 0.1) is 4.90 Å². The fraction of sp³-hybridized carbons (Fsp3) is 0.222. The van der Waals surface area contributed by atoms with Gasteiger partial charge in [-0.1, -0.05) is 0 Å². The van der Waals surface area contributed by atoms with Crippen LogP contribution in [0.5, 0.6) is 0 Å². The first-order valence-electron chi connectivity index (χ1n) is 8.23. The average Bonchev–Trinajstić information content (AvgIpc) is 3.02. The highest BCUT2D eigenvalue weighted by Crippen LogP contribution is 2.15. The monoisotopic (exact) mass is 372 g/mol. The summed E-state index contributed by atoms with van der Waals surface area (Å²) in [6, 6.07) is 11.9. The fourth-order valence-electron chi connectivity index (χ4n) is 2.66. The molecule has 0 aliphatic carbocycles. The molecule has 0 aliphatic heterocycles. The fourth-order valence-corrected chi connectivity index (χ4v) is 3.73. The van der Waals surface area contributed by atoms with Crippen molar-refractivity contribution in [2.75, 3.05) is 11.9 Å². The number of nitrogens with zero attached hydrogens (tertiary/aromatic N) is 2. The number of aryl methyl sites for hydroxylation is 1. The molecule has 0 bridgehead atoms. The van der Waals surface area contributed by atoms with E-state index < -0.39 is 10.0 Å². The Morgan fingerprint density at radius 3 is 2.65 bits per heavy atom. The molecule has 3 rings (SSSR count). The summed E-state index contributed by atoms with van der Waals surface area (Å²) in [6.45, 7) is 2.39. The van der Waals surface area contributed by atoms with E-state index in [4.69, 9.17) is 0 Å². The highest BCUT2D eigenvalue weighted by atomic mass is 32.2. The molecule has 0 saturated carbocycles. The third kappa shape index (κ3) is 4.27. The maximum Gasteiger partial charge on any atom is 0.240 e. The Labute approximate surface area is 152 Å². The molecule has 0 spiro atoms. The molecule has 2 heterocycles. The molecule has 2 N–H and O–H groups in total. The van der Waals surface area contributed by atoms with Crippen LogP contribution in [0.4, 0.5) is 5.69 Å². The molecular formula is C18H20N4O3S. The van der Waals surface area contributed by atoms with Crippen LogP contribution in [0.1, 0.15) is 13.3 Å². The second kappa shape index (κ2) is 7.67. The smallest absolute Gasteiger partial charge is 0.240 e. The maximum atomic E-state index is 12.3. The van der Waals surface area contributed by atoms with Gasteiger partial charge < -0.3 is 9.88 Å². The van der Waals surface area contributed by atoms with Crippen molar-refractivity contribution in [3.63, 3.8) is 0 Å². The van der Waals surface area contributed by atoms with Crippen LogP contribution >= 0.6 is 0 Å². The molecule has 1 amide bonds. The molecule has 1 aromatic carbocycles. The number of anilines is 1. The first-order chi connectivity index (χ1) is 12.5. The number of amides is 1. The molecule has 7 nitrogen and oxygen atoms in total. The van der Waals surface area contributed by atoms with Gasteiger partial charge >= 0.3 is 0 Å². The van der Waals surface area contributed by atoms with E-state index in [-0.39, 0.29) is 10.8 Å². The quantitative estimate of drug-likeness (QED) is 0.623. The zero-order valence-corrected chi connectivity index (χ0v) is 15.2. The number of hydrogen-bond acceptors (Lipinski definition) is 4. The van der Waals surface area contributed by atoms with E-state index in [2.05, 4.69) is 15.0 Å². The maximum absolute atomic E-state index is 12.3. The molecule has 0 aliphatic rings. The summed E-state index contributed by atoms with van der Waals surface area (Å²) in [5, 5.41) is 3.67. The van der Waals surface area contributed by atoms with Crippen molar-refractivity contribution in [2.24, 2.45) is 0 Å². The number of carbonyl (C=O) groups is 1. The number of fused-ring (bicyclic) bond motifs is 1. The lowest BCUT2D eigenvalue weighted by Gasteiger charge is -2.09. The standard InChI is InChI=1S/C18H20N4O3S/c1-14(23)21-16-5-7-17(8-6-16)26(24,25)20-11-3-12-22-13-9-15-4-2-10-19-18(15)22/h2,4-10,13,20H,3,11-12H2,1H3,(H,21,23). The summed E-state index contributed by atoms with van der Waals surface area (Å²) >= 11 is 0. The van der Waals surface area contributed by atoms with Gasteiger partial charge in [-0.05, 0) is 48.9 Å². The zero-order valence-electron chi connectivity index (χ0n) is 14.3. The minimum absolute atomic E-state index is 0.166. The molecule has 0 atom stereocenters. The number of carbonyl (C=O) groups excluding carboxylic acids is 1. The summed E-state index contributed by atoms with van der Waals surface area (Å²) < 4.78 is 29.2. The number of benzene rings is 1. The summed E-state index contributed by atoms with van der Waals surface area (Å²) in [7, 11) is -3.58. The molecular weight excluding hydrogens is 352 g/mol. The Morgan fingerprint density at radius 2 is 1.92 bits per heavy atom. The Morgan fingerprint density at radius 1 is 1.15 bits per heavy atom. The van der Waals surface area contributed by atoms with Crippen molar-refractivity contribution in [1.29, 1.82) is 0 Å². The molecule has 26 heavy (non-hydrogen) atoms. The predicted molar refractivity (Wildman–Crippen MR) is 100 cm³/mol. The van der Waals surface area contributed by atoms with E-state index in [1.54, 1.807) is 18.3 Å². The lowest BCUT2D eigenvalue weighted by molar-refractivity contribution is -0.114. The molecule has 0 saturated heterocycles. The largest absolute Gasteiger partial charge is 0.332 e. The molecule has 0 radical (unpaired) electrons. The van der Waals surface area contributed by atoms with Crippen molar-refractivity contribution in [2.45, 2.75) is 24.8 Å². The molecule has 3 aromatic rings. The van der Waals surface area contributed by atoms with E-state index >= 15 is 0 Å². The van der Waals surface area contributed by atoms with Crippen LogP contribution in [0.25, 0.3) is 11.0 Å². The van der Waals surface area contributed by atoms with Crippen molar-refractivity contribution in [3.05, 3.63) is 54.9 Å². The van der Waals surface area contributed by atoms with Gasteiger partial charge in [0, 0.05) is 43.5 Å². The SMILES string of the molecule is CC(=O)Nc1ccc(S(=O)(=O)NCCCn2ccc3cccnc32)cc1. The summed E-state index contributed by atoms with van der Waals surface area (Å²) in [5.41, 5.74) is 1.45. The number of pyridine rings is 1. The Balaban J connectivity index is 1.55. The molecule has 2 aromatic heterocycles. The van der Waals surface area contributed by atoms with Crippen LogP contribution in [0.2, 0.25) is 0 Å². The van der Waals surface area contributed by atoms with Gasteiger partial charge in [-0.2, -0.15) is 0 Å². The van der Waals surface area contributed by atoms with E-state index in [1.165, 1.54) is 19.1 Å². The van der Waals surface area contributed by atoms with Crippen molar-refractivity contribution < 1.29 is 13.2 Å². The van der Waals surface area contributed by atoms with Crippen LogP contribution in [0.3, 0.4) is 0 Å². The number of sulfonamides is 1. The first-order valence-corrected chi connectivity index (χ1v) is 9.71. The van der Waals surface area contributed by atoms with Crippen molar-refractivity contribution in [3.8, 4) is 0 Å². The highest BCUT2D eigenvalue weighted by Gasteiger charge is 2.13. The molecule has 0 fully saturated rings. The molecule has 0 unspecified atom stereocenters. The van der Waals surface area contributed by atoms with E-state index in [0.717, 1.165) is 11.0 Å². The predicted octanol–water partition coefficient (Wildman–Crippen LogP) is 2.36. The Bertz CT molecular complexity index is 1010. The third-order valence-corrected chi connectivity index (χ3v) is 5.35. The lowest BCUT2D eigenvalue weighted by Crippen LogP contribution is -2.25. The zero-order chi connectivity index (χ0) is 18.6. The second-order valence-corrected chi connectivity index (χ2v) is 7.65. The van der Waals surface area contributed by atoms with Gasteiger partial charge in [-0.25, -0.2) is 18.1 Å². The average molecular weight is 372 g/mol. The van der Waals surface area contributed by atoms with Gasteiger partial charge in [0.15, 0.2) is 0 Å². The Hall–Kier alpha value is -2.71. The van der Waals surface area contributed by atoms with Gasteiger partial charge in [0.25, 0.3) is 0 Å². The van der Waals surface area contributed by atoms with E-state index in [9.17, 15) is 13.2 Å². The van der Waals surface area contributed by atoms with Crippen LogP contribution in [-0.2, 0) is 21.4 Å². The Kier molecular flexibility index (Phi) is 5.34. The van der Waals surface area contributed by atoms with Crippen LogP contribution in [0.15, 0.2) is 59.8 Å². The first kappa shape index (κ1) is 18.1. The molecule has 136 valence electrons. The van der Waals surface area contributed by atoms with Crippen LogP contribution < -0.4 is 10.0 Å². The summed E-state index contributed by atoms with van der Waals surface area (Å²) in [4.78, 5) is 15.5. The number of rotatable bonds is 7. The van der Waals surface area contributed by atoms with Gasteiger partial charge in [-0.15, -0.1) is 0 Å². The van der Waals surface area contributed by atoms with E-state index in [0.29, 0.717) is 25.2 Å². The second-order valence-electron chi connectivity index (χ2n) is 5.88.